The second-order valence-corrected chi connectivity index (χ2v) is 5.70. The number of carbonyl (C=O) groups is 1. The van der Waals surface area contributed by atoms with Crippen LogP contribution in [0.3, 0.4) is 0 Å². The van der Waals surface area contributed by atoms with Gasteiger partial charge in [0, 0.05) is 25.1 Å². The molecule has 3 rings (SSSR count). The minimum absolute atomic E-state index is 0.0440. The Hall–Kier alpha value is -1.76. The fourth-order valence-electron chi connectivity index (χ4n) is 2.17. The van der Waals surface area contributed by atoms with E-state index in [1.165, 1.54) is 0 Å². The zero-order valence-electron chi connectivity index (χ0n) is 10.3. The Kier molecular flexibility index (Phi) is 2.85. The lowest BCUT2D eigenvalue weighted by Crippen LogP contribution is -2.37. The van der Waals surface area contributed by atoms with Crippen molar-refractivity contribution < 1.29 is 4.79 Å². The number of rotatable bonds is 2. The normalized spacial score (nSPS) is 22.5. The molecule has 0 radical (unpaired) electrons. The van der Waals surface area contributed by atoms with E-state index in [4.69, 9.17) is 0 Å². The molecule has 0 spiro atoms. The summed E-state index contributed by atoms with van der Waals surface area (Å²) in [6.07, 6.45) is 5.38. The number of pyridine rings is 1. The lowest BCUT2D eigenvalue weighted by molar-refractivity contribution is -0.119. The molecule has 2 aromatic heterocycles. The predicted octanol–water partition coefficient (Wildman–Crippen LogP) is 1.48. The third kappa shape index (κ3) is 2.25. The fraction of sp³-hybridized carbons (Fsp3) is 0.333. The number of hydrogen-bond acceptors (Lipinski definition) is 5. The minimum Gasteiger partial charge on any atom is -0.361 e. The molecule has 1 saturated heterocycles. The molecular weight excluding hydrogens is 310 g/mol. The van der Waals surface area contributed by atoms with Gasteiger partial charge in [-0.3, -0.25) is 9.78 Å². The highest BCUT2D eigenvalue weighted by molar-refractivity contribution is 9.10. The van der Waals surface area contributed by atoms with Crippen molar-refractivity contribution in [2.75, 3.05) is 11.9 Å². The highest BCUT2D eigenvalue weighted by Gasteiger charge is 2.34. The van der Waals surface area contributed by atoms with Gasteiger partial charge in [-0.15, -0.1) is 0 Å². The summed E-state index contributed by atoms with van der Waals surface area (Å²) >= 11 is 3.41. The van der Waals surface area contributed by atoms with Gasteiger partial charge >= 0.3 is 0 Å². The first-order valence-corrected chi connectivity index (χ1v) is 6.67. The van der Waals surface area contributed by atoms with Gasteiger partial charge in [0.1, 0.15) is 11.0 Å². The predicted molar refractivity (Wildman–Crippen MR) is 74.7 cm³/mol. The number of nitrogens with one attached hydrogen (secondary N) is 2. The first kappa shape index (κ1) is 12.3. The maximum atomic E-state index is 11.4. The van der Waals surface area contributed by atoms with E-state index in [9.17, 15) is 4.79 Å². The number of nitrogens with zero attached hydrogens (tertiary/aromatic N) is 3. The van der Waals surface area contributed by atoms with E-state index in [1.807, 2.05) is 6.92 Å². The molecule has 1 unspecified atom stereocenters. The van der Waals surface area contributed by atoms with E-state index in [0.29, 0.717) is 24.3 Å². The van der Waals surface area contributed by atoms with Crippen LogP contribution in [0.5, 0.6) is 0 Å². The van der Waals surface area contributed by atoms with Gasteiger partial charge in [0.2, 0.25) is 5.91 Å². The molecule has 2 N–H and O–H groups in total. The summed E-state index contributed by atoms with van der Waals surface area (Å²) in [5, 5.41) is 6.12. The van der Waals surface area contributed by atoms with Crippen molar-refractivity contribution in [3.05, 3.63) is 23.1 Å². The standard InChI is InChI=1S/C12H12BrN5O/c1-12(4-8(19)17-6-12)18-11-10-9(7(13)5-16-11)14-2-3-15-10/h2-3,5H,4,6H2,1H3,(H,16,18)(H,17,19). The van der Waals surface area contributed by atoms with Gasteiger partial charge in [0.15, 0.2) is 5.82 Å². The Labute approximate surface area is 118 Å². The number of amides is 1. The summed E-state index contributed by atoms with van der Waals surface area (Å²) in [6, 6.07) is 0. The van der Waals surface area contributed by atoms with E-state index in [1.54, 1.807) is 18.6 Å². The summed E-state index contributed by atoms with van der Waals surface area (Å²) in [7, 11) is 0. The van der Waals surface area contributed by atoms with Gasteiger partial charge < -0.3 is 10.6 Å². The topological polar surface area (TPSA) is 79.8 Å². The zero-order valence-corrected chi connectivity index (χ0v) is 11.9. The average Bonchev–Trinajstić information content (AvgIpc) is 2.73. The molecule has 1 amide bonds. The zero-order chi connectivity index (χ0) is 13.5. The van der Waals surface area contributed by atoms with Crippen LogP contribution in [0.1, 0.15) is 13.3 Å². The van der Waals surface area contributed by atoms with E-state index >= 15 is 0 Å². The van der Waals surface area contributed by atoms with Gasteiger partial charge in [-0.1, -0.05) is 0 Å². The van der Waals surface area contributed by atoms with Crippen molar-refractivity contribution >= 4 is 38.7 Å². The highest BCUT2D eigenvalue weighted by Crippen LogP contribution is 2.28. The molecule has 98 valence electrons. The quantitative estimate of drug-likeness (QED) is 0.875. The monoisotopic (exact) mass is 321 g/mol. The van der Waals surface area contributed by atoms with E-state index in [-0.39, 0.29) is 11.4 Å². The van der Waals surface area contributed by atoms with Crippen molar-refractivity contribution in [2.24, 2.45) is 0 Å². The Morgan fingerprint density at radius 3 is 2.74 bits per heavy atom. The van der Waals surface area contributed by atoms with Crippen LogP contribution in [-0.4, -0.2) is 32.9 Å². The second kappa shape index (κ2) is 4.41. The smallest absolute Gasteiger partial charge is 0.222 e. The average molecular weight is 322 g/mol. The molecule has 1 atom stereocenters. The second-order valence-electron chi connectivity index (χ2n) is 4.85. The number of carbonyl (C=O) groups excluding carboxylic acids is 1. The number of hydrogen-bond donors (Lipinski definition) is 2. The maximum Gasteiger partial charge on any atom is 0.222 e. The lowest BCUT2D eigenvalue weighted by Gasteiger charge is -2.24. The summed E-state index contributed by atoms with van der Waals surface area (Å²) in [5.41, 5.74) is 1.10. The molecular formula is C12H12BrN5O. The Morgan fingerprint density at radius 2 is 2.05 bits per heavy atom. The largest absolute Gasteiger partial charge is 0.361 e. The van der Waals surface area contributed by atoms with Crippen LogP contribution >= 0.6 is 15.9 Å². The molecule has 0 bridgehead atoms. The SMILES string of the molecule is CC1(Nc2ncc(Br)c3nccnc23)CNC(=O)C1. The molecule has 7 heteroatoms. The van der Waals surface area contributed by atoms with Crippen LogP contribution in [-0.2, 0) is 4.79 Å². The molecule has 1 aliphatic heterocycles. The van der Waals surface area contributed by atoms with Crippen LogP contribution in [0.15, 0.2) is 23.1 Å². The highest BCUT2D eigenvalue weighted by atomic mass is 79.9. The van der Waals surface area contributed by atoms with Crippen LogP contribution in [0, 0.1) is 0 Å². The summed E-state index contributed by atoms with van der Waals surface area (Å²) < 4.78 is 0.798. The van der Waals surface area contributed by atoms with Crippen molar-refractivity contribution in [1.82, 2.24) is 20.3 Å². The minimum atomic E-state index is -0.345. The van der Waals surface area contributed by atoms with Gasteiger partial charge in [-0.25, -0.2) is 9.97 Å². The van der Waals surface area contributed by atoms with Crippen molar-refractivity contribution in [3.8, 4) is 0 Å². The number of anilines is 1. The summed E-state index contributed by atoms with van der Waals surface area (Å²) in [5.74, 6) is 0.688. The molecule has 3 heterocycles. The summed E-state index contributed by atoms with van der Waals surface area (Å²) in [6.45, 7) is 2.56. The molecule has 6 nitrogen and oxygen atoms in total. The van der Waals surface area contributed by atoms with Gasteiger partial charge in [0.25, 0.3) is 0 Å². The molecule has 0 aliphatic carbocycles. The molecule has 1 fully saturated rings. The van der Waals surface area contributed by atoms with Crippen molar-refractivity contribution in [1.29, 1.82) is 0 Å². The van der Waals surface area contributed by atoms with E-state index < -0.39 is 0 Å². The van der Waals surface area contributed by atoms with Crippen LogP contribution in [0.4, 0.5) is 5.82 Å². The lowest BCUT2D eigenvalue weighted by atomic mass is 10.0. The first-order chi connectivity index (χ1) is 9.07. The number of aromatic nitrogens is 3. The van der Waals surface area contributed by atoms with Gasteiger partial charge in [-0.2, -0.15) is 0 Å². The van der Waals surface area contributed by atoms with Crippen LogP contribution in [0.25, 0.3) is 11.0 Å². The molecule has 0 aromatic carbocycles. The third-order valence-corrected chi connectivity index (χ3v) is 3.68. The van der Waals surface area contributed by atoms with Crippen LogP contribution in [0.2, 0.25) is 0 Å². The third-order valence-electron chi connectivity index (χ3n) is 3.10. The van der Waals surface area contributed by atoms with Crippen molar-refractivity contribution in [2.45, 2.75) is 18.9 Å². The summed E-state index contributed by atoms with van der Waals surface area (Å²) in [4.78, 5) is 24.3. The number of fused-ring (bicyclic) bond motifs is 1. The molecule has 2 aromatic rings. The van der Waals surface area contributed by atoms with Crippen molar-refractivity contribution in [3.63, 3.8) is 0 Å². The first-order valence-electron chi connectivity index (χ1n) is 5.87. The Bertz CT molecular complexity index is 662. The van der Waals surface area contributed by atoms with Gasteiger partial charge in [0.05, 0.1) is 16.4 Å². The molecule has 19 heavy (non-hydrogen) atoms. The van der Waals surface area contributed by atoms with E-state index in [2.05, 4.69) is 41.5 Å². The van der Waals surface area contributed by atoms with Gasteiger partial charge in [-0.05, 0) is 22.9 Å². The maximum absolute atomic E-state index is 11.4. The molecule has 1 aliphatic rings. The number of halogens is 1. The fourth-order valence-corrected chi connectivity index (χ4v) is 2.56. The Morgan fingerprint density at radius 1 is 1.32 bits per heavy atom. The Balaban J connectivity index is 2.02. The van der Waals surface area contributed by atoms with E-state index in [0.717, 1.165) is 9.99 Å². The van der Waals surface area contributed by atoms with Crippen LogP contribution < -0.4 is 10.6 Å². The molecule has 0 saturated carbocycles.